The summed E-state index contributed by atoms with van der Waals surface area (Å²) in [4.78, 5) is 9.59. The van der Waals surface area contributed by atoms with E-state index in [-0.39, 0.29) is 11.1 Å². The summed E-state index contributed by atoms with van der Waals surface area (Å²) in [6.07, 6.45) is 2.08. The first kappa shape index (κ1) is 9.43. The second kappa shape index (κ2) is 4.28. The third-order valence-electron chi connectivity index (χ3n) is 1.03. The fourth-order valence-electron chi connectivity index (χ4n) is 0.407. The van der Waals surface area contributed by atoms with Crippen LogP contribution in [0.1, 0.15) is 20.3 Å². The molecule has 0 N–H and O–H groups in total. The fourth-order valence-corrected chi connectivity index (χ4v) is 0.497. The maximum atomic E-state index is 10.0. The van der Waals surface area contributed by atoms with Crippen molar-refractivity contribution >= 4 is 11.6 Å². The van der Waals surface area contributed by atoms with E-state index in [0.717, 1.165) is 0 Å². The number of nitro groups is 1. The zero-order valence-electron chi connectivity index (χ0n) is 6.00. The largest absolute Gasteiger partial charge is 0.259 e. The number of rotatable bonds is 3. The highest BCUT2D eigenvalue weighted by Crippen LogP contribution is 2.04. The molecule has 10 heavy (non-hydrogen) atoms. The molecule has 0 aliphatic carbocycles. The van der Waals surface area contributed by atoms with Gasteiger partial charge >= 0.3 is 0 Å². The number of halogens is 1. The van der Waals surface area contributed by atoms with Crippen molar-refractivity contribution in [1.82, 2.24) is 0 Å². The van der Waals surface area contributed by atoms with Crippen LogP contribution in [0, 0.1) is 10.1 Å². The van der Waals surface area contributed by atoms with Crippen LogP contribution in [0.2, 0.25) is 0 Å². The van der Waals surface area contributed by atoms with Crippen LogP contribution in [0.5, 0.6) is 0 Å². The van der Waals surface area contributed by atoms with Crippen LogP contribution >= 0.6 is 11.6 Å². The van der Waals surface area contributed by atoms with E-state index >= 15 is 0 Å². The van der Waals surface area contributed by atoms with Crippen molar-refractivity contribution in [3.63, 3.8) is 0 Å². The molecular weight excluding hydrogens is 154 g/mol. The average Bonchev–Trinajstić information content (AvgIpc) is 1.82. The minimum absolute atomic E-state index is 0.0325. The van der Waals surface area contributed by atoms with E-state index in [1.165, 1.54) is 13.0 Å². The molecule has 0 saturated heterocycles. The minimum Gasteiger partial charge on any atom is -0.259 e. The molecule has 4 heteroatoms. The Hall–Kier alpha value is -0.570. The van der Waals surface area contributed by atoms with Crippen molar-refractivity contribution in [3.05, 3.63) is 21.9 Å². The van der Waals surface area contributed by atoms with Crippen LogP contribution in [0.15, 0.2) is 11.8 Å². The number of hydrogen-bond acceptors (Lipinski definition) is 2. The molecule has 0 bridgehead atoms. The monoisotopic (exact) mass is 163 g/mol. The summed E-state index contributed by atoms with van der Waals surface area (Å²) in [5.74, 6) is 0. The number of nitrogens with zero attached hydrogens (tertiary/aromatic N) is 1. The molecule has 0 saturated carbocycles. The van der Waals surface area contributed by atoms with Crippen molar-refractivity contribution in [2.24, 2.45) is 0 Å². The highest BCUT2D eigenvalue weighted by molar-refractivity contribution is 6.20. The van der Waals surface area contributed by atoms with Gasteiger partial charge < -0.3 is 0 Å². The molecule has 0 aromatic rings. The van der Waals surface area contributed by atoms with Crippen LogP contribution in [0.3, 0.4) is 0 Å². The minimum atomic E-state index is -0.417. The molecule has 0 aliphatic heterocycles. The molecule has 0 aliphatic rings. The highest BCUT2D eigenvalue weighted by atomic mass is 35.5. The van der Waals surface area contributed by atoms with Gasteiger partial charge in [-0.05, 0) is 19.4 Å². The van der Waals surface area contributed by atoms with E-state index in [9.17, 15) is 10.1 Å². The molecular formula is C6H10ClNO2. The standard InChI is InChI=1S/C6H10ClNO2/c1-5(7)3-4-6(2)8(9)10/h4-5H,3H2,1-2H3/b6-4+. The first-order chi connectivity index (χ1) is 4.54. The summed E-state index contributed by atoms with van der Waals surface area (Å²) < 4.78 is 0. The first-order valence-electron chi connectivity index (χ1n) is 2.99. The summed E-state index contributed by atoms with van der Waals surface area (Å²) in [5.41, 5.74) is 0.160. The predicted molar refractivity (Wildman–Crippen MR) is 40.7 cm³/mol. The molecule has 0 spiro atoms. The molecule has 0 fully saturated rings. The number of hydrogen-bond donors (Lipinski definition) is 0. The quantitative estimate of drug-likeness (QED) is 0.364. The SMILES string of the molecule is C/C(=C\CC(C)Cl)[N+](=O)[O-]. The Morgan fingerprint density at radius 1 is 1.90 bits per heavy atom. The van der Waals surface area contributed by atoms with Crippen molar-refractivity contribution in [2.45, 2.75) is 25.6 Å². The van der Waals surface area contributed by atoms with Gasteiger partial charge in [-0.3, -0.25) is 10.1 Å². The lowest BCUT2D eigenvalue weighted by Crippen LogP contribution is -1.95. The molecule has 58 valence electrons. The van der Waals surface area contributed by atoms with Crippen LogP contribution in [0.25, 0.3) is 0 Å². The maximum Gasteiger partial charge on any atom is 0.239 e. The zero-order chi connectivity index (χ0) is 8.15. The Morgan fingerprint density at radius 3 is 2.70 bits per heavy atom. The summed E-state index contributed by atoms with van der Waals surface area (Å²) >= 11 is 5.56. The Morgan fingerprint density at radius 2 is 2.40 bits per heavy atom. The lowest BCUT2D eigenvalue weighted by molar-refractivity contribution is -0.424. The Balaban J connectivity index is 3.81. The van der Waals surface area contributed by atoms with E-state index < -0.39 is 4.92 Å². The Bertz CT molecular complexity index is 154. The molecule has 3 nitrogen and oxygen atoms in total. The average molecular weight is 164 g/mol. The number of alkyl halides is 1. The van der Waals surface area contributed by atoms with Crippen LogP contribution in [0.4, 0.5) is 0 Å². The zero-order valence-corrected chi connectivity index (χ0v) is 6.76. The van der Waals surface area contributed by atoms with E-state index in [2.05, 4.69) is 0 Å². The number of allylic oxidation sites excluding steroid dienone is 2. The smallest absolute Gasteiger partial charge is 0.239 e. The molecule has 0 heterocycles. The van der Waals surface area contributed by atoms with Crippen molar-refractivity contribution in [2.75, 3.05) is 0 Å². The lowest BCUT2D eigenvalue weighted by atomic mass is 10.3. The Kier molecular flexibility index (Phi) is 4.03. The van der Waals surface area contributed by atoms with Crippen LogP contribution in [-0.4, -0.2) is 10.3 Å². The van der Waals surface area contributed by atoms with E-state index in [4.69, 9.17) is 11.6 Å². The van der Waals surface area contributed by atoms with Gasteiger partial charge in [-0.1, -0.05) is 0 Å². The molecule has 0 aromatic carbocycles. The van der Waals surface area contributed by atoms with Gasteiger partial charge in [0.25, 0.3) is 0 Å². The third kappa shape index (κ3) is 4.32. The summed E-state index contributed by atoms with van der Waals surface area (Å²) in [7, 11) is 0. The van der Waals surface area contributed by atoms with Crippen molar-refractivity contribution < 1.29 is 4.92 Å². The first-order valence-corrected chi connectivity index (χ1v) is 3.43. The molecule has 1 atom stereocenters. The van der Waals surface area contributed by atoms with E-state index in [0.29, 0.717) is 6.42 Å². The van der Waals surface area contributed by atoms with Crippen molar-refractivity contribution in [3.8, 4) is 0 Å². The van der Waals surface area contributed by atoms with Crippen LogP contribution in [-0.2, 0) is 0 Å². The van der Waals surface area contributed by atoms with Crippen molar-refractivity contribution in [1.29, 1.82) is 0 Å². The molecule has 1 unspecified atom stereocenters. The van der Waals surface area contributed by atoms with Gasteiger partial charge in [0, 0.05) is 12.3 Å². The van der Waals surface area contributed by atoms with Crippen LogP contribution < -0.4 is 0 Å². The summed E-state index contributed by atoms with van der Waals surface area (Å²) in [5, 5.41) is 9.97. The predicted octanol–water partition coefficient (Wildman–Crippen LogP) is 2.18. The summed E-state index contributed by atoms with van der Waals surface area (Å²) in [6, 6.07) is 0. The second-order valence-corrected chi connectivity index (χ2v) is 2.86. The van der Waals surface area contributed by atoms with Gasteiger partial charge in [-0.2, -0.15) is 0 Å². The molecule has 0 aromatic heterocycles. The molecule has 0 amide bonds. The van der Waals surface area contributed by atoms with Gasteiger partial charge in [-0.25, -0.2) is 0 Å². The van der Waals surface area contributed by atoms with E-state index in [1.807, 2.05) is 0 Å². The van der Waals surface area contributed by atoms with Gasteiger partial charge in [0.1, 0.15) is 0 Å². The molecule has 0 rings (SSSR count). The highest BCUT2D eigenvalue weighted by Gasteiger charge is 2.01. The van der Waals surface area contributed by atoms with E-state index in [1.54, 1.807) is 6.92 Å². The maximum absolute atomic E-state index is 10.0. The normalized spacial score (nSPS) is 14.9. The fraction of sp³-hybridized carbons (Fsp3) is 0.667. The van der Waals surface area contributed by atoms with Gasteiger partial charge in [0.2, 0.25) is 5.70 Å². The topological polar surface area (TPSA) is 43.1 Å². The third-order valence-corrected chi connectivity index (χ3v) is 1.20. The second-order valence-electron chi connectivity index (χ2n) is 2.12. The molecule has 0 radical (unpaired) electrons. The lowest BCUT2D eigenvalue weighted by Gasteiger charge is -1.93. The summed E-state index contributed by atoms with van der Waals surface area (Å²) in [6.45, 7) is 3.25. The van der Waals surface area contributed by atoms with Gasteiger partial charge in [0.15, 0.2) is 0 Å². The van der Waals surface area contributed by atoms with Gasteiger partial charge in [0.05, 0.1) is 4.92 Å². The van der Waals surface area contributed by atoms with Gasteiger partial charge in [-0.15, -0.1) is 11.6 Å². The Labute approximate surface area is 64.8 Å².